The lowest BCUT2D eigenvalue weighted by Crippen LogP contribution is -2.24. The SMILES string of the molecule is CN(Cc1nc(-c2ccccc2)no1)C(=O)/C=C/c1ccc(F)cc1. The Balaban J connectivity index is 1.62. The number of hydrogen-bond donors (Lipinski definition) is 0. The van der Waals surface area contributed by atoms with Crippen LogP contribution in [0.15, 0.2) is 65.2 Å². The fraction of sp³-hybridized carbons (Fsp3) is 0.105. The van der Waals surface area contributed by atoms with E-state index >= 15 is 0 Å². The second-order valence-corrected chi connectivity index (χ2v) is 5.46. The fourth-order valence-electron chi connectivity index (χ4n) is 2.17. The highest BCUT2D eigenvalue weighted by Crippen LogP contribution is 2.15. The molecule has 1 aromatic heterocycles. The summed E-state index contributed by atoms with van der Waals surface area (Å²) in [6.45, 7) is 0.201. The lowest BCUT2D eigenvalue weighted by Gasteiger charge is -2.11. The molecule has 0 aliphatic rings. The molecule has 0 aliphatic heterocycles. The van der Waals surface area contributed by atoms with Crippen molar-refractivity contribution in [1.82, 2.24) is 15.0 Å². The van der Waals surface area contributed by atoms with Crippen molar-refractivity contribution in [3.63, 3.8) is 0 Å². The van der Waals surface area contributed by atoms with Crippen LogP contribution >= 0.6 is 0 Å². The van der Waals surface area contributed by atoms with Gasteiger partial charge in [-0.2, -0.15) is 4.98 Å². The third-order valence-electron chi connectivity index (χ3n) is 3.54. The molecule has 0 bridgehead atoms. The topological polar surface area (TPSA) is 59.2 Å². The Kier molecular flexibility index (Phi) is 4.99. The maximum Gasteiger partial charge on any atom is 0.246 e. The number of amides is 1. The minimum Gasteiger partial charge on any atom is -0.337 e. The summed E-state index contributed by atoms with van der Waals surface area (Å²) >= 11 is 0. The molecular weight excluding hydrogens is 321 g/mol. The minimum atomic E-state index is -0.314. The molecule has 0 saturated carbocycles. The van der Waals surface area contributed by atoms with Crippen molar-refractivity contribution in [2.75, 3.05) is 7.05 Å². The Hall–Kier alpha value is -3.28. The first-order valence-electron chi connectivity index (χ1n) is 7.68. The van der Waals surface area contributed by atoms with Crippen molar-refractivity contribution < 1.29 is 13.7 Å². The van der Waals surface area contributed by atoms with E-state index in [1.54, 1.807) is 25.3 Å². The van der Waals surface area contributed by atoms with Crippen molar-refractivity contribution in [2.45, 2.75) is 6.54 Å². The molecule has 2 aromatic carbocycles. The molecule has 3 aromatic rings. The second kappa shape index (κ2) is 7.53. The first-order valence-corrected chi connectivity index (χ1v) is 7.68. The number of hydrogen-bond acceptors (Lipinski definition) is 4. The number of carbonyl (C=O) groups excluding carboxylic acids is 1. The van der Waals surface area contributed by atoms with Crippen LogP contribution in [0.1, 0.15) is 11.5 Å². The zero-order valence-electron chi connectivity index (χ0n) is 13.6. The highest BCUT2D eigenvalue weighted by molar-refractivity contribution is 5.91. The van der Waals surface area contributed by atoms with Crippen molar-refractivity contribution in [2.24, 2.45) is 0 Å². The molecule has 5 nitrogen and oxygen atoms in total. The van der Waals surface area contributed by atoms with E-state index in [2.05, 4.69) is 10.1 Å². The van der Waals surface area contributed by atoms with Gasteiger partial charge in [0.05, 0.1) is 6.54 Å². The molecule has 0 N–H and O–H groups in total. The number of nitrogens with zero attached hydrogens (tertiary/aromatic N) is 3. The van der Waals surface area contributed by atoms with Crippen LogP contribution in [0.2, 0.25) is 0 Å². The molecule has 0 atom stereocenters. The number of likely N-dealkylation sites (N-methyl/N-ethyl adjacent to an activating group) is 1. The highest BCUT2D eigenvalue weighted by Gasteiger charge is 2.12. The third-order valence-corrected chi connectivity index (χ3v) is 3.54. The molecule has 25 heavy (non-hydrogen) atoms. The normalized spacial score (nSPS) is 11.0. The standard InChI is InChI=1S/C19H16FN3O2/c1-23(18(24)12-9-14-7-10-16(20)11-8-14)13-17-21-19(22-25-17)15-5-3-2-4-6-15/h2-12H,13H2,1H3/b12-9+. The number of halogens is 1. The van der Waals surface area contributed by atoms with Crippen molar-refractivity contribution in [1.29, 1.82) is 0 Å². The van der Waals surface area contributed by atoms with E-state index in [-0.39, 0.29) is 18.3 Å². The molecule has 1 heterocycles. The average Bonchev–Trinajstić information content (AvgIpc) is 3.10. The lowest BCUT2D eigenvalue weighted by atomic mass is 10.2. The smallest absolute Gasteiger partial charge is 0.246 e. The maximum atomic E-state index is 12.9. The lowest BCUT2D eigenvalue weighted by molar-refractivity contribution is -0.125. The zero-order chi connectivity index (χ0) is 17.6. The van der Waals surface area contributed by atoms with E-state index in [0.29, 0.717) is 11.7 Å². The summed E-state index contributed by atoms with van der Waals surface area (Å²) in [4.78, 5) is 17.9. The molecule has 0 fully saturated rings. The van der Waals surface area contributed by atoms with Gasteiger partial charge in [-0.3, -0.25) is 4.79 Å². The Morgan fingerprint density at radius 3 is 2.60 bits per heavy atom. The van der Waals surface area contributed by atoms with Crippen LogP contribution in [0.3, 0.4) is 0 Å². The Morgan fingerprint density at radius 1 is 1.16 bits per heavy atom. The van der Waals surface area contributed by atoms with Gasteiger partial charge in [0.15, 0.2) is 0 Å². The van der Waals surface area contributed by atoms with Crippen LogP contribution in [0.25, 0.3) is 17.5 Å². The summed E-state index contributed by atoms with van der Waals surface area (Å²) in [5.41, 5.74) is 1.59. The molecule has 0 aliphatic carbocycles. The van der Waals surface area contributed by atoms with Crippen LogP contribution < -0.4 is 0 Å². The molecule has 0 saturated heterocycles. The van der Waals surface area contributed by atoms with Gasteiger partial charge in [0.2, 0.25) is 17.6 Å². The monoisotopic (exact) mass is 337 g/mol. The number of rotatable bonds is 5. The summed E-state index contributed by atoms with van der Waals surface area (Å²) in [5, 5.41) is 3.92. The van der Waals surface area contributed by atoms with E-state index < -0.39 is 0 Å². The molecule has 0 spiro atoms. The van der Waals surface area contributed by atoms with E-state index in [4.69, 9.17) is 4.52 Å². The molecule has 3 rings (SSSR count). The van der Waals surface area contributed by atoms with Crippen molar-refractivity contribution >= 4 is 12.0 Å². The van der Waals surface area contributed by atoms with Gasteiger partial charge in [0.25, 0.3) is 0 Å². The van der Waals surface area contributed by atoms with Crippen LogP contribution in [0.4, 0.5) is 4.39 Å². The van der Waals surface area contributed by atoms with Crippen molar-refractivity contribution in [3.05, 3.63) is 77.9 Å². The summed E-state index contributed by atoms with van der Waals surface area (Å²) < 4.78 is 18.1. The molecule has 0 unspecified atom stereocenters. The van der Waals surface area contributed by atoms with Crippen LogP contribution in [0, 0.1) is 5.82 Å². The van der Waals surface area contributed by atoms with Crippen LogP contribution in [0.5, 0.6) is 0 Å². The molecule has 6 heteroatoms. The van der Waals surface area contributed by atoms with Gasteiger partial charge in [-0.15, -0.1) is 0 Å². The quantitative estimate of drug-likeness (QED) is 0.668. The first-order chi connectivity index (χ1) is 12.1. The molecule has 126 valence electrons. The summed E-state index contributed by atoms with van der Waals surface area (Å²) in [6.07, 6.45) is 3.04. The van der Waals surface area contributed by atoms with Gasteiger partial charge in [-0.1, -0.05) is 47.6 Å². The average molecular weight is 337 g/mol. The predicted molar refractivity (Wildman–Crippen MR) is 91.6 cm³/mol. The van der Waals surface area contributed by atoms with Gasteiger partial charge in [-0.05, 0) is 23.8 Å². The maximum absolute atomic E-state index is 12.9. The van der Waals surface area contributed by atoms with Crippen LogP contribution in [-0.4, -0.2) is 28.0 Å². The molecular formula is C19H16FN3O2. The van der Waals surface area contributed by atoms with Gasteiger partial charge >= 0.3 is 0 Å². The van der Waals surface area contributed by atoms with Gasteiger partial charge < -0.3 is 9.42 Å². The van der Waals surface area contributed by atoms with Crippen LogP contribution in [-0.2, 0) is 11.3 Å². The Labute approximate surface area is 144 Å². The Bertz CT molecular complexity index is 873. The minimum absolute atomic E-state index is 0.201. The van der Waals surface area contributed by atoms with Gasteiger partial charge in [-0.25, -0.2) is 4.39 Å². The Morgan fingerprint density at radius 2 is 1.88 bits per heavy atom. The zero-order valence-corrected chi connectivity index (χ0v) is 13.6. The molecule has 1 amide bonds. The summed E-state index contributed by atoms with van der Waals surface area (Å²) in [5.74, 6) is 0.304. The van der Waals surface area contributed by atoms with Gasteiger partial charge in [0.1, 0.15) is 5.82 Å². The van der Waals surface area contributed by atoms with Gasteiger partial charge in [0, 0.05) is 18.7 Å². The number of aromatic nitrogens is 2. The number of benzene rings is 2. The number of carbonyl (C=O) groups is 1. The van der Waals surface area contributed by atoms with Crippen molar-refractivity contribution in [3.8, 4) is 11.4 Å². The first kappa shape index (κ1) is 16.6. The summed E-state index contributed by atoms with van der Waals surface area (Å²) in [6, 6.07) is 15.3. The molecule has 0 radical (unpaired) electrons. The van der Waals surface area contributed by atoms with E-state index in [0.717, 1.165) is 11.1 Å². The van der Waals surface area contributed by atoms with E-state index in [1.807, 2.05) is 30.3 Å². The highest BCUT2D eigenvalue weighted by atomic mass is 19.1. The predicted octanol–water partition coefficient (Wildman–Crippen LogP) is 3.55. The fourth-order valence-corrected chi connectivity index (χ4v) is 2.17. The van der Waals surface area contributed by atoms with E-state index in [1.165, 1.54) is 23.1 Å². The second-order valence-electron chi connectivity index (χ2n) is 5.46. The van der Waals surface area contributed by atoms with E-state index in [9.17, 15) is 9.18 Å². The largest absolute Gasteiger partial charge is 0.337 e. The summed E-state index contributed by atoms with van der Waals surface area (Å²) in [7, 11) is 1.64. The third kappa shape index (κ3) is 4.38.